The van der Waals surface area contributed by atoms with E-state index in [9.17, 15) is 27.6 Å². The number of alkyl carbamates (subject to hydrolysis) is 1. The molecule has 4 heterocycles. The van der Waals surface area contributed by atoms with Crippen LogP contribution >= 0.6 is 0 Å². The molecule has 4 atom stereocenters. The maximum atomic E-state index is 14.9. The minimum Gasteiger partial charge on any atom is -0.470 e. The molecule has 2 bridgehead atoms. The minimum absolute atomic E-state index is 0.00504. The number of benzene rings is 2. The Labute approximate surface area is 379 Å². The molecule has 4 amide bonds. The van der Waals surface area contributed by atoms with Crippen LogP contribution in [0.3, 0.4) is 0 Å². The van der Waals surface area contributed by atoms with E-state index < -0.39 is 62.3 Å². The van der Waals surface area contributed by atoms with Crippen molar-refractivity contribution >= 4 is 55.9 Å². The molecule has 2 aliphatic heterocycles. The summed E-state index contributed by atoms with van der Waals surface area (Å²) in [7, 11) is -4.03. The molecule has 16 heteroatoms. The van der Waals surface area contributed by atoms with Crippen LogP contribution in [0.1, 0.15) is 130 Å². The molecular weight excluding hydrogens is 849 g/mol. The zero-order valence-electron chi connectivity index (χ0n) is 37.7. The summed E-state index contributed by atoms with van der Waals surface area (Å²) in [6.45, 7) is 7.97. The molecule has 2 aromatic carbocycles. The van der Waals surface area contributed by atoms with Crippen molar-refractivity contribution in [2.75, 3.05) is 6.54 Å². The monoisotopic (exact) mass is 908 g/mol. The number of hydrogen-bond donors (Lipinski definition) is 3. The maximum Gasteiger partial charge on any atom is 0.408 e. The number of rotatable bonds is 8. The Morgan fingerprint density at radius 1 is 0.923 bits per heavy atom. The Morgan fingerprint density at radius 2 is 1.66 bits per heavy atom. The smallest absolute Gasteiger partial charge is 0.408 e. The number of sulfonamides is 1. The van der Waals surface area contributed by atoms with Gasteiger partial charge in [0.1, 0.15) is 40.9 Å². The highest BCUT2D eigenvalue weighted by Gasteiger charge is 2.55. The Hall–Kier alpha value is -5.51. The van der Waals surface area contributed by atoms with Crippen LogP contribution in [0.2, 0.25) is 0 Å². The van der Waals surface area contributed by atoms with Gasteiger partial charge in [-0.2, -0.15) is 4.98 Å². The number of amides is 4. The van der Waals surface area contributed by atoms with Gasteiger partial charge in [0, 0.05) is 23.8 Å². The van der Waals surface area contributed by atoms with Crippen molar-refractivity contribution in [2.24, 2.45) is 0 Å². The zero-order chi connectivity index (χ0) is 45.7. The lowest BCUT2D eigenvalue weighted by atomic mass is 9.87. The topological polar surface area (TPSA) is 199 Å². The number of nitrogens with one attached hydrogen (secondary N) is 3. The van der Waals surface area contributed by atoms with E-state index in [-0.39, 0.29) is 43.2 Å². The van der Waals surface area contributed by atoms with Gasteiger partial charge in [-0.1, -0.05) is 81.7 Å². The summed E-state index contributed by atoms with van der Waals surface area (Å²) in [5.41, 5.74) is 2.65. The van der Waals surface area contributed by atoms with Gasteiger partial charge in [-0.3, -0.25) is 19.1 Å². The maximum absolute atomic E-state index is 14.9. The zero-order valence-corrected chi connectivity index (χ0v) is 38.6. The fourth-order valence-electron chi connectivity index (χ4n) is 9.77. The third kappa shape index (κ3) is 9.19. The number of aromatic nitrogens is 2. The van der Waals surface area contributed by atoms with Gasteiger partial charge in [-0.15, -0.1) is 0 Å². The molecule has 5 aliphatic rings. The summed E-state index contributed by atoms with van der Waals surface area (Å²) in [6, 6.07) is 13.4. The highest BCUT2D eigenvalue weighted by molar-refractivity contribution is 7.91. The lowest BCUT2D eigenvalue weighted by Crippen LogP contribution is -2.62. The first kappa shape index (κ1) is 44.7. The third-order valence-corrected chi connectivity index (χ3v) is 16.3. The lowest BCUT2D eigenvalue weighted by Gasteiger charge is -2.33. The molecule has 3 N–H and O–H groups in total. The van der Waals surface area contributed by atoms with Gasteiger partial charge in [-0.25, -0.2) is 18.2 Å². The molecule has 4 fully saturated rings. The number of carbonyl (C=O) groups is 4. The number of nitrogens with zero attached hydrogens (tertiary/aromatic N) is 3. The number of carbonyl (C=O) groups excluding carboxylic acids is 4. The SMILES string of the molecule is CC(C)(C)c1ccc(-c2nc(O[C@@H]3C[C@H]4C(=O)N[C@]5(C(=O)NS(=O)(=O)C6(C)CC6)CC/C(=C/CCCCC[C@H](NC(=O)OC6CCCC6)C(=O)N4C3)C5)c3oc4ccccc4c3n2)cc1. The first-order valence-corrected chi connectivity index (χ1v) is 24.8. The predicted molar refractivity (Wildman–Crippen MR) is 244 cm³/mol. The molecule has 4 aromatic rings. The largest absolute Gasteiger partial charge is 0.470 e. The molecule has 346 valence electrons. The number of furan rings is 1. The van der Waals surface area contributed by atoms with Gasteiger partial charge in [0.05, 0.1) is 11.3 Å². The van der Waals surface area contributed by atoms with E-state index >= 15 is 0 Å². The lowest BCUT2D eigenvalue weighted by molar-refractivity contribution is -0.142. The van der Waals surface area contributed by atoms with E-state index in [1.165, 1.54) is 4.90 Å². The molecule has 65 heavy (non-hydrogen) atoms. The van der Waals surface area contributed by atoms with Gasteiger partial charge in [0.2, 0.25) is 27.4 Å². The van der Waals surface area contributed by atoms with Crippen LogP contribution in [0.15, 0.2) is 64.6 Å². The van der Waals surface area contributed by atoms with Crippen molar-refractivity contribution in [1.82, 2.24) is 30.2 Å². The highest BCUT2D eigenvalue weighted by atomic mass is 32.2. The van der Waals surface area contributed by atoms with Crippen LogP contribution in [0.5, 0.6) is 5.88 Å². The van der Waals surface area contributed by atoms with Gasteiger partial charge in [0.15, 0.2) is 5.82 Å². The van der Waals surface area contributed by atoms with Crippen molar-refractivity contribution in [3.8, 4) is 17.3 Å². The summed E-state index contributed by atoms with van der Waals surface area (Å²) in [6.07, 6.45) is 8.73. The molecule has 0 spiro atoms. The standard InChI is InChI=1S/C49H60N6O9S/c1-47(2,3)32-21-19-31(20-22-32)41-51-39-35-16-11-12-18-38(35)64-40(39)43(52-41)62-34-27-37-42(56)53-49(45(58)54-65(60,61)48(4)25-26-48)24-23-30(28-49)13-7-5-6-8-17-36(44(57)55(37)29-34)50-46(59)63-33-14-9-10-15-33/h11-13,16,18-22,33-34,36-37H,5-10,14-15,17,23-29H2,1-4H3,(H,50,59)(H,53,56)(H,54,58)/b30-13-/t34-,36+,37+,49-/m1/s1. The molecular formula is C49H60N6O9S. The molecule has 0 unspecified atom stereocenters. The van der Waals surface area contributed by atoms with E-state index in [4.69, 9.17) is 23.9 Å². The van der Waals surface area contributed by atoms with E-state index in [1.54, 1.807) is 6.92 Å². The molecule has 15 nitrogen and oxygen atoms in total. The Bertz CT molecular complexity index is 2640. The first-order valence-electron chi connectivity index (χ1n) is 23.3. The molecule has 1 saturated heterocycles. The predicted octanol–water partition coefficient (Wildman–Crippen LogP) is 7.65. The second kappa shape index (κ2) is 17.4. The van der Waals surface area contributed by atoms with Crippen molar-refractivity contribution in [3.63, 3.8) is 0 Å². The summed E-state index contributed by atoms with van der Waals surface area (Å²) < 4.78 is 47.0. The van der Waals surface area contributed by atoms with Gasteiger partial charge in [-0.05, 0) is 101 Å². The summed E-state index contributed by atoms with van der Waals surface area (Å²) >= 11 is 0. The highest BCUT2D eigenvalue weighted by Crippen LogP contribution is 2.44. The van der Waals surface area contributed by atoms with Crippen LogP contribution in [0.25, 0.3) is 33.5 Å². The van der Waals surface area contributed by atoms with E-state index in [1.807, 2.05) is 36.4 Å². The number of para-hydroxylation sites is 1. The van der Waals surface area contributed by atoms with Gasteiger partial charge >= 0.3 is 6.09 Å². The van der Waals surface area contributed by atoms with E-state index in [2.05, 4.69) is 54.3 Å². The van der Waals surface area contributed by atoms with Crippen molar-refractivity contribution < 1.29 is 41.5 Å². The van der Waals surface area contributed by atoms with Crippen LogP contribution in [0.4, 0.5) is 4.79 Å². The second-order valence-electron chi connectivity index (χ2n) is 20.1. The number of fused-ring (bicyclic) bond motifs is 6. The van der Waals surface area contributed by atoms with Crippen LogP contribution in [-0.2, 0) is 34.6 Å². The van der Waals surface area contributed by atoms with Crippen molar-refractivity contribution in [2.45, 2.75) is 164 Å². The number of allylic oxidation sites excluding steroid dienone is 1. The quantitative estimate of drug-likeness (QED) is 0.147. The van der Waals surface area contributed by atoms with Crippen LogP contribution in [0, 0.1) is 0 Å². The number of ether oxygens (including phenoxy) is 2. The van der Waals surface area contributed by atoms with Crippen molar-refractivity contribution in [1.29, 1.82) is 0 Å². The summed E-state index contributed by atoms with van der Waals surface area (Å²) in [4.78, 5) is 68.8. The Morgan fingerprint density at radius 3 is 2.40 bits per heavy atom. The van der Waals surface area contributed by atoms with Crippen LogP contribution < -0.4 is 20.1 Å². The normalized spacial score (nSPS) is 26.1. The number of hydrogen-bond acceptors (Lipinski definition) is 11. The van der Waals surface area contributed by atoms with Crippen molar-refractivity contribution in [3.05, 3.63) is 65.7 Å². The average Bonchev–Trinajstić information content (AvgIpc) is 3.72. The Kier molecular flexibility index (Phi) is 11.9. The fourth-order valence-corrected chi connectivity index (χ4v) is 11.1. The average molecular weight is 909 g/mol. The fraction of sp³-hybridized carbons (Fsp3) is 0.551. The first-order chi connectivity index (χ1) is 31.0. The molecule has 3 aliphatic carbocycles. The molecule has 3 saturated carbocycles. The van der Waals surface area contributed by atoms with Gasteiger partial charge in [0.25, 0.3) is 11.8 Å². The minimum atomic E-state index is -4.03. The van der Waals surface area contributed by atoms with E-state index in [0.717, 1.165) is 60.6 Å². The third-order valence-electron chi connectivity index (χ3n) is 14.1. The second-order valence-corrected chi connectivity index (χ2v) is 22.3. The molecule has 2 aromatic heterocycles. The van der Waals surface area contributed by atoms with Gasteiger partial charge < -0.3 is 29.4 Å². The summed E-state index contributed by atoms with van der Waals surface area (Å²) in [5.74, 6) is -1.37. The van der Waals surface area contributed by atoms with E-state index in [0.29, 0.717) is 61.0 Å². The molecule has 9 rings (SSSR count). The molecule has 0 radical (unpaired) electrons. The Balaban J connectivity index is 1.07. The summed E-state index contributed by atoms with van der Waals surface area (Å²) in [5, 5.41) is 6.61. The van der Waals surface area contributed by atoms with Crippen LogP contribution in [-0.4, -0.2) is 88.2 Å².